The molecule has 27 heavy (non-hydrogen) atoms. The third-order valence-electron chi connectivity index (χ3n) is 4.17. The highest BCUT2D eigenvalue weighted by Crippen LogP contribution is 2.20. The van der Waals surface area contributed by atoms with E-state index in [2.05, 4.69) is 16.0 Å². The van der Waals surface area contributed by atoms with E-state index >= 15 is 0 Å². The molecular formula is C20H30N4O3. The summed E-state index contributed by atoms with van der Waals surface area (Å²) < 4.78 is 0. The van der Waals surface area contributed by atoms with E-state index in [0.29, 0.717) is 24.3 Å². The lowest BCUT2D eigenvalue weighted by atomic mass is 10.2. The van der Waals surface area contributed by atoms with E-state index in [-0.39, 0.29) is 36.9 Å². The fraction of sp³-hybridized carbons (Fsp3) is 0.550. The number of nitrogens with zero attached hydrogens (tertiary/aromatic N) is 1. The van der Waals surface area contributed by atoms with Gasteiger partial charge >= 0.3 is 0 Å². The van der Waals surface area contributed by atoms with Crippen LogP contribution in [-0.2, 0) is 9.59 Å². The Morgan fingerprint density at radius 2 is 1.81 bits per heavy atom. The number of amides is 3. The van der Waals surface area contributed by atoms with Crippen LogP contribution in [0.4, 0.5) is 5.69 Å². The van der Waals surface area contributed by atoms with Crippen LogP contribution < -0.4 is 16.0 Å². The molecule has 0 radical (unpaired) electrons. The van der Waals surface area contributed by atoms with Crippen molar-refractivity contribution in [2.24, 2.45) is 0 Å². The minimum Gasteiger partial charge on any atom is -0.355 e. The van der Waals surface area contributed by atoms with Gasteiger partial charge in [-0.15, -0.1) is 0 Å². The summed E-state index contributed by atoms with van der Waals surface area (Å²) in [6, 6.07) is 7.20. The summed E-state index contributed by atoms with van der Waals surface area (Å²) in [5.74, 6) is -0.392. The average molecular weight is 374 g/mol. The Labute approximate surface area is 160 Å². The van der Waals surface area contributed by atoms with Crippen LogP contribution in [0, 0.1) is 0 Å². The van der Waals surface area contributed by atoms with Crippen LogP contribution in [0.3, 0.4) is 0 Å². The Hall–Kier alpha value is -2.41. The minimum atomic E-state index is -0.202. The molecule has 7 nitrogen and oxygen atoms in total. The molecule has 3 N–H and O–H groups in total. The number of rotatable bonds is 11. The number of carbonyl (C=O) groups is 3. The summed E-state index contributed by atoms with van der Waals surface area (Å²) in [6.07, 6.45) is 3.79. The molecule has 1 fully saturated rings. The van der Waals surface area contributed by atoms with Crippen LogP contribution in [0.1, 0.15) is 49.9 Å². The van der Waals surface area contributed by atoms with Gasteiger partial charge in [0, 0.05) is 23.8 Å². The predicted molar refractivity (Wildman–Crippen MR) is 106 cm³/mol. The molecule has 0 aliphatic heterocycles. The highest BCUT2D eigenvalue weighted by atomic mass is 16.2. The van der Waals surface area contributed by atoms with Gasteiger partial charge in [0.25, 0.3) is 5.91 Å². The first-order valence-corrected chi connectivity index (χ1v) is 9.71. The summed E-state index contributed by atoms with van der Waals surface area (Å²) in [5, 5.41) is 8.58. The van der Waals surface area contributed by atoms with Crippen molar-refractivity contribution in [3.8, 4) is 0 Å². The van der Waals surface area contributed by atoms with E-state index in [4.69, 9.17) is 0 Å². The molecule has 1 saturated carbocycles. The summed E-state index contributed by atoms with van der Waals surface area (Å²) in [7, 11) is 0. The Morgan fingerprint density at radius 3 is 2.48 bits per heavy atom. The molecule has 7 heteroatoms. The van der Waals surface area contributed by atoms with Crippen molar-refractivity contribution in [2.45, 2.75) is 45.6 Å². The zero-order valence-corrected chi connectivity index (χ0v) is 16.2. The lowest BCUT2D eigenvalue weighted by Gasteiger charge is -2.20. The molecule has 1 aromatic rings. The highest BCUT2D eigenvalue weighted by Gasteiger charge is 2.23. The molecule has 0 heterocycles. The molecule has 1 aliphatic carbocycles. The van der Waals surface area contributed by atoms with E-state index in [1.165, 1.54) is 0 Å². The number of anilines is 1. The maximum absolute atomic E-state index is 12.4. The van der Waals surface area contributed by atoms with Gasteiger partial charge in [0.1, 0.15) is 0 Å². The first-order chi connectivity index (χ1) is 13.0. The molecule has 0 atom stereocenters. The second-order valence-corrected chi connectivity index (χ2v) is 6.94. The van der Waals surface area contributed by atoms with Gasteiger partial charge in [-0.2, -0.15) is 0 Å². The van der Waals surface area contributed by atoms with Crippen molar-refractivity contribution in [3.63, 3.8) is 0 Å². The quantitative estimate of drug-likeness (QED) is 0.550. The number of hydrogen-bond acceptors (Lipinski definition) is 4. The van der Waals surface area contributed by atoms with Crippen LogP contribution >= 0.6 is 0 Å². The van der Waals surface area contributed by atoms with Gasteiger partial charge < -0.3 is 16.0 Å². The van der Waals surface area contributed by atoms with Crippen LogP contribution in [0.15, 0.2) is 24.3 Å². The Morgan fingerprint density at radius 1 is 1.07 bits per heavy atom. The molecule has 2 rings (SSSR count). The lowest BCUT2D eigenvalue weighted by Crippen LogP contribution is -2.41. The zero-order valence-electron chi connectivity index (χ0n) is 16.2. The monoisotopic (exact) mass is 374 g/mol. The van der Waals surface area contributed by atoms with Gasteiger partial charge in [-0.1, -0.05) is 19.9 Å². The zero-order chi connectivity index (χ0) is 19.6. The molecular weight excluding hydrogens is 344 g/mol. The van der Waals surface area contributed by atoms with Crippen molar-refractivity contribution < 1.29 is 14.4 Å². The van der Waals surface area contributed by atoms with Gasteiger partial charge in [0.15, 0.2) is 0 Å². The topological polar surface area (TPSA) is 90.5 Å². The van der Waals surface area contributed by atoms with Crippen molar-refractivity contribution >= 4 is 23.4 Å². The van der Waals surface area contributed by atoms with Crippen LogP contribution in [0.5, 0.6) is 0 Å². The molecule has 3 amide bonds. The van der Waals surface area contributed by atoms with Gasteiger partial charge in [-0.3, -0.25) is 19.3 Å². The fourth-order valence-electron chi connectivity index (χ4n) is 2.69. The number of nitrogens with one attached hydrogen (secondary N) is 3. The Bertz CT molecular complexity index is 658. The van der Waals surface area contributed by atoms with E-state index < -0.39 is 0 Å². The third kappa shape index (κ3) is 7.78. The molecule has 148 valence electrons. The largest absolute Gasteiger partial charge is 0.355 e. The Balaban J connectivity index is 1.88. The fourth-order valence-corrected chi connectivity index (χ4v) is 2.69. The van der Waals surface area contributed by atoms with Crippen molar-refractivity contribution in [1.82, 2.24) is 15.5 Å². The summed E-state index contributed by atoms with van der Waals surface area (Å²) in [6.45, 7) is 5.64. The molecule has 1 aliphatic rings. The summed E-state index contributed by atoms with van der Waals surface area (Å²) in [5.41, 5.74) is 1.11. The molecule has 0 bridgehead atoms. The van der Waals surface area contributed by atoms with Gasteiger partial charge in [0.2, 0.25) is 11.8 Å². The molecule has 0 saturated heterocycles. The lowest BCUT2D eigenvalue weighted by molar-refractivity contribution is -0.123. The molecule has 0 unspecified atom stereocenters. The highest BCUT2D eigenvalue weighted by molar-refractivity contribution is 5.98. The average Bonchev–Trinajstić information content (AvgIpc) is 3.44. The second-order valence-electron chi connectivity index (χ2n) is 6.94. The van der Waals surface area contributed by atoms with Crippen molar-refractivity contribution in [1.29, 1.82) is 0 Å². The summed E-state index contributed by atoms with van der Waals surface area (Å²) in [4.78, 5) is 38.2. The third-order valence-corrected chi connectivity index (χ3v) is 4.17. The maximum Gasteiger partial charge on any atom is 0.251 e. The maximum atomic E-state index is 12.4. The van der Waals surface area contributed by atoms with Crippen molar-refractivity contribution in [2.75, 3.05) is 31.5 Å². The number of benzene rings is 1. The van der Waals surface area contributed by atoms with Gasteiger partial charge in [-0.25, -0.2) is 0 Å². The molecule has 0 spiro atoms. The normalized spacial score (nSPS) is 13.3. The van der Waals surface area contributed by atoms with Crippen LogP contribution in [0.2, 0.25) is 0 Å². The standard InChI is InChI=1S/C20H30N4O3/c1-3-10-21-18(25)13-24(11-4-2)14-19(26)22-17-7-5-6-15(12-17)20(27)23-16-8-9-16/h5-7,12,16H,3-4,8-11,13-14H2,1-2H3,(H,21,25)(H,22,26)(H,23,27). The van der Waals surface area contributed by atoms with Crippen molar-refractivity contribution in [3.05, 3.63) is 29.8 Å². The van der Waals surface area contributed by atoms with Gasteiger partial charge in [0.05, 0.1) is 13.1 Å². The first kappa shape index (κ1) is 20.9. The van der Waals surface area contributed by atoms with Crippen LogP contribution in [0.25, 0.3) is 0 Å². The molecule has 0 aromatic heterocycles. The smallest absolute Gasteiger partial charge is 0.251 e. The number of carbonyl (C=O) groups excluding carboxylic acids is 3. The SMILES string of the molecule is CCCNC(=O)CN(CCC)CC(=O)Nc1cccc(C(=O)NC2CC2)c1. The first-order valence-electron chi connectivity index (χ1n) is 9.71. The van der Waals surface area contributed by atoms with Gasteiger partial charge in [-0.05, 0) is 50.4 Å². The van der Waals surface area contributed by atoms with E-state index in [9.17, 15) is 14.4 Å². The second kappa shape index (κ2) is 10.7. The number of hydrogen-bond donors (Lipinski definition) is 3. The van der Waals surface area contributed by atoms with Crippen LogP contribution in [-0.4, -0.2) is 54.8 Å². The molecule has 1 aromatic carbocycles. The van der Waals surface area contributed by atoms with E-state index in [0.717, 1.165) is 25.7 Å². The Kier molecular flexibility index (Phi) is 8.26. The van der Waals surface area contributed by atoms with E-state index in [1.54, 1.807) is 24.3 Å². The van der Waals surface area contributed by atoms with E-state index in [1.807, 2.05) is 18.7 Å². The summed E-state index contributed by atoms with van der Waals surface area (Å²) >= 11 is 0. The minimum absolute atomic E-state index is 0.0724. The predicted octanol–water partition coefficient (Wildman–Crippen LogP) is 1.76.